The number of hydrogen-bond acceptors (Lipinski definition) is 7. The van der Waals surface area contributed by atoms with Crippen molar-refractivity contribution in [1.82, 2.24) is 10.5 Å². The number of benzene rings is 2. The molecule has 2 aromatic carbocycles. The summed E-state index contributed by atoms with van der Waals surface area (Å²) in [5, 5.41) is 6.57. The number of halogens is 4. The number of hydrogen-bond donors (Lipinski definition) is 2. The summed E-state index contributed by atoms with van der Waals surface area (Å²) in [6.45, 7) is 1.77. The average molecular weight is 604 g/mol. The molecule has 0 saturated heterocycles. The van der Waals surface area contributed by atoms with Crippen LogP contribution in [0.3, 0.4) is 0 Å². The van der Waals surface area contributed by atoms with Crippen LogP contribution in [0.1, 0.15) is 41.1 Å². The van der Waals surface area contributed by atoms with E-state index >= 15 is 0 Å². The Morgan fingerprint density at radius 2 is 2.00 bits per heavy atom. The number of aliphatic imine (C=N–C) groups is 1. The third-order valence-corrected chi connectivity index (χ3v) is 7.37. The Balaban J connectivity index is 1.58. The number of amides is 3. The van der Waals surface area contributed by atoms with Crippen molar-refractivity contribution in [3.63, 3.8) is 0 Å². The number of nitrogens with zero attached hydrogens (tertiary/aromatic N) is 3. The van der Waals surface area contributed by atoms with E-state index in [1.165, 1.54) is 11.8 Å². The summed E-state index contributed by atoms with van der Waals surface area (Å²) < 4.78 is 50.6. The van der Waals surface area contributed by atoms with Crippen LogP contribution in [0.4, 0.5) is 18.9 Å². The molecule has 0 spiro atoms. The van der Waals surface area contributed by atoms with Gasteiger partial charge in [0, 0.05) is 28.1 Å². The van der Waals surface area contributed by atoms with Crippen molar-refractivity contribution in [2.24, 2.45) is 16.6 Å². The Morgan fingerprint density at radius 3 is 2.67 bits per heavy atom. The van der Waals surface area contributed by atoms with Crippen LogP contribution >= 0.6 is 11.6 Å². The lowest BCUT2D eigenvalue weighted by molar-refractivity contribution is -0.144. The summed E-state index contributed by atoms with van der Waals surface area (Å²) in [4.78, 5) is 46.2. The topological polar surface area (TPSA) is 140 Å². The minimum Gasteiger partial charge on any atom is -0.490 e. The van der Waals surface area contributed by atoms with E-state index in [9.17, 15) is 27.6 Å². The second-order valence-corrected chi connectivity index (χ2v) is 10.3. The van der Waals surface area contributed by atoms with Crippen molar-refractivity contribution in [3.8, 4) is 5.75 Å². The van der Waals surface area contributed by atoms with Crippen LogP contribution in [-0.4, -0.2) is 54.1 Å². The van der Waals surface area contributed by atoms with Crippen molar-refractivity contribution < 1.29 is 36.8 Å². The molecule has 3 amide bonds. The third kappa shape index (κ3) is 5.82. The number of alkyl halides is 3. The largest absolute Gasteiger partial charge is 0.490 e. The molecule has 2 aliphatic heterocycles. The number of ether oxygens (including phenoxy) is 1. The molecule has 3 N–H and O–H groups in total. The van der Waals surface area contributed by atoms with Gasteiger partial charge in [0.1, 0.15) is 18.6 Å². The maximum absolute atomic E-state index is 13.9. The highest BCUT2D eigenvalue weighted by Gasteiger charge is 2.42. The zero-order chi connectivity index (χ0) is 30.2. The number of para-hydroxylation sites is 1. The molecule has 0 radical (unpaired) electrons. The number of anilines is 1. The summed E-state index contributed by atoms with van der Waals surface area (Å²) in [6.07, 6.45) is -7.30. The molecule has 3 unspecified atom stereocenters. The predicted octanol–water partition coefficient (Wildman–Crippen LogP) is 3.88. The first-order valence-corrected chi connectivity index (χ1v) is 13.3. The lowest BCUT2D eigenvalue weighted by Gasteiger charge is -2.31. The normalized spacial score (nSPS) is 17.8. The van der Waals surface area contributed by atoms with Gasteiger partial charge in [0.15, 0.2) is 0 Å². The molecule has 0 fully saturated rings. The van der Waals surface area contributed by atoms with E-state index in [2.05, 4.69) is 15.5 Å². The number of nitrogens with one attached hydrogen (secondary N) is 1. The molecule has 5 rings (SSSR count). The first kappa shape index (κ1) is 29.1. The van der Waals surface area contributed by atoms with Gasteiger partial charge in [-0.1, -0.05) is 41.0 Å². The number of aromatic nitrogens is 1. The van der Waals surface area contributed by atoms with Gasteiger partial charge < -0.3 is 25.2 Å². The van der Waals surface area contributed by atoms with E-state index in [1.54, 1.807) is 42.5 Å². The van der Waals surface area contributed by atoms with Crippen LogP contribution in [-0.2, 0) is 14.4 Å². The number of rotatable bonds is 8. The molecule has 0 saturated carbocycles. The quantitative estimate of drug-likeness (QED) is 0.400. The van der Waals surface area contributed by atoms with Crippen molar-refractivity contribution in [3.05, 3.63) is 76.1 Å². The van der Waals surface area contributed by atoms with E-state index in [4.69, 9.17) is 26.6 Å². The third-order valence-electron chi connectivity index (χ3n) is 7.14. The summed E-state index contributed by atoms with van der Waals surface area (Å²) in [5.74, 6) is -5.41. The molecule has 0 bridgehead atoms. The molecule has 14 heteroatoms. The molecule has 2 aliphatic rings. The number of carbonyl (C=O) groups excluding carboxylic acids is 3. The Bertz CT molecular complexity index is 1570. The van der Waals surface area contributed by atoms with E-state index in [-0.39, 0.29) is 24.4 Å². The van der Waals surface area contributed by atoms with Gasteiger partial charge in [-0.25, -0.2) is 4.99 Å². The highest BCUT2D eigenvalue weighted by atomic mass is 35.5. The summed E-state index contributed by atoms with van der Waals surface area (Å²) in [7, 11) is 0. The zero-order valence-corrected chi connectivity index (χ0v) is 22.9. The van der Waals surface area contributed by atoms with E-state index < -0.39 is 54.7 Å². The van der Waals surface area contributed by atoms with Crippen molar-refractivity contribution in [2.75, 3.05) is 18.1 Å². The van der Waals surface area contributed by atoms with Gasteiger partial charge in [-0.05, 0) is 31.5 Å². The first-order valence-electron chi connectivity index (χ1n) is 12.9. The van der Waals surface area contributed by atoms with Gasteiger partial charge in [0.2, 0.25) is 18.0 Å². The Hall–Kier alpha value is -4.39. The number of carbonyl (C=O) groups is 3. The number of nitrogens with two attached hydrogens (primary N) is 1. The standard InChI is InChI=1S/C28H25ClF3N5O5/c1-14-19(13-42-36-14)21(24(33)38)17(8-9-28(30,31)32)26(39)35-25-27(40)37-10-11-41-20-7-3-6-18(23(20)37)22(34-25)15-4-2-5-16(29)12-15/h2-7,12-13,17,21,25H,8-11H2,1H3,(H2,33,38)(H,35,39). The molecule has 0 aliphatic carbocycles. The molecule has 3 atom stereocenters. The summed E-state index contributed by atoms with van der Waals surface area (Å²) >= 11 is 6.24. The fourth-order valence-electron chi connectivity index (χ4n) is 5.23. The Labute approximate surface area is 242 Å². The molecule has 10 nitrogen and oxygen atoms in total. The zero-order valence-electron chi connectivity index (χ0n) is 22.2. The van der Waals surface area contributed by atoms with E-state index in [0.717, 1.165) is 6.26 Å². The van der Waals surface area contributed by atoms with Crippen LogP contribution in [0, 0.1) is 12.8 Å². The Kier molecular flexibility index (Phi) is 7.95. The first-order chi connectivity index (χ1) is 19.9. The monoisotopic (exact) mass is 603 g/mol. The minimum atomic E-state index is -4.63. The van der Waals surface area contributed by atoms with Gasteiger partial charge in [0.05, 0.1) is 35.5 Å². The molecule has 3 aromatic rings. The molecule has 42 heavy (non-hydrogen) atoms. The second kappa shape index (κ2) is 11.5. The van der Waals surface area contributed by atoms with Crippen molar-refractivity contribution in [1.29, 1.82) is 0 Å². The molecule has 220 valence electrons. The minimum absolute atomic E-state index is 0.0744. The lowest BCUT2D eigenvalue weighted by Crippen LogP contribution is -2.51. The van der Waals surface area contributed by atoms with Gasteiger partial charge in [-0.2, -0.15) is 13.2 Å². The van der Waals surface area contributed by atoms with Crippen LogP contribution < -0.4 is 20.7 Å². The van der Waals surface area contributed by atoms with Crippen LogP contribution in [0.25, 0.3) is 0 Å². The predicted molar refractivity (Wildman–Crippen MR) is 145 cm³/mol. The number of aryl methyl sites for hydroxylation is 1. The molecular weight excluding hydrogens is 579 g/mol. The molecule has 3 heterocycles. The fourth-order valence-corrected chi connectivity index (χ4v) is 5.42. The lowest BCUT2D eigenvalue weighted by atomic mass is 9.82. The second-order valence-electron chi connectivity index (χ2n) is 9.89. The SMILES string of the molecule is Cc1nocc1C(C(N)=O)C(CCC(F)(F)F)C(=O)NC1N=C(c2cccc(Cl)c2)c2cccc3c2N(CCO3)C1=O. The van der Waals surface area contributed by atoms with Crippen LogP contribution in [0.2, 0.25) is 5.02 Å². The van der Waals surface area contributed by atoms with Gasteiger partial charge >= 0.3 is 6.18 Å². The fraction of sp³-hybridized carbons (Fsp3) is 0.321. The smallest absolute Gasteiger partial charge is 0.389 e. The summed E-state index contributed by atoms with van der Waals surface area (Å²) in [6, 6.07) is 11.9. The van der Waals surface area contributed by atoms with Crippen LogP contribution in [0.15, 0.2) is 58.2 Å². The molecule has 1 aromatic heterocycles. The van der Waals surface area contributed by atoms with E-state index in [1.807, 2.05) is 0 Å². The highest BCUT2D eigenvalue weighted by Crippen LogP contribution is 2.39. The number of primary amides is 1. The highest BCUT2D eigenvalue weighted by molar-refractivity contribution is 6.31. The molecular formula is C28H25ClF3N5O5. The van der Waals surface area contributed by atoms with E-state index in [0.29, 0.717) is 33.3 Å². The van der Waals surface area contributed by atoms with Gasteiger partial charge in [-0.3, -0.25) is 14.4 Å². The van der Waals surface area contributed by atoms with Crippen molar-refractivity contribution >= 4 is 40.7 Å². The average Bonchev–Trinajstić information content (AvgIpc) is 3.31. The van der Waals surface area contributed by atoms with Crippen molar-refractivity contribution in [2.45, 2.75) is 38.0 Å². The van der Waals surface area contributed by atoms with Gasteiger partial charge in [0.25, 0.3) is 5.91 Å². The van der Waals surface area contributed by atoms with Crippen LogP contribution in [0.5, 0.6) is 5.75 Å². The summed E-state index contributed by atoms with van der Waals surface area (Å²) in [5.41, 5.74) is 7.66. The van der Waals surface area contributed by atoms with Gasteiger partial charge in [-0.15, -0.1) is 0 Å². The maximum atomic E-state index is 13.9. The maximum Gasteiger partial charge on any atom is 0.389 e. The Morgan fingerprint density at radius 1 is 1.24 bits per heavy atom.